The van der Waals surface area contributed by atoms with Crippen molar-refractivity contribution in [2.75, 3.05) is 0 Å². The molecule has 0 saturated carbocycles. The number of furan rings is 1. The van der Waals surface area contributed by atoms with E-state index < -0.39 is 0 Å². The molecule has 0 atom stereocenters. The van der Waals surface area contributed by atoms with E-state index in [9.17, 15) is 0 Å². The van der Waals surface area contributed by atoms with Crippen LogP contribution in [0.4, 0.5) is 0 Å². The Hall–Kier alpha value is -4.54. The molecule has 0 spiro atoms. The van der Waals surface area contributed by atoms with E-state index in [4.69, 9.17) is 31.0 Å². The maximum Gasteiger partial charge on any atom is 0.164 e. The van der Waals surface area contributed by atoms with Crippen LogP contribution in [0, 0.1) is 0 Å². The second kappa shape index (κ2) is 8.29. The Labute approximate surface area is 211 Å². The monoisotopic (exact) mass is 483 g/mol. The van der Waals surface area contributed by atoms with Crippen LogP contribution in [0.3, 0.4) is 0 Å². The molecule has 2 aromatic heterocycles. The van der Waals surface area contributed by atoms with E-state index in [1.807, 2.05) is 78.9 Å². The van der Waals surface area contributed by atoms with Crippen LogP contribution >= 0.6 is 11.6 Å². The largest absolute Gasteiger partial charge is 0.455 e. The summed E-state index contributed by atoms with van der Waals surface area (Å²) in [6.07, 6.45) is 0. The third kappa shape index (κ3) is 3.51. The molecule has 5 heteroatoms. The van der Waals surface area contributed by atoms with E-state index in [0.717, 1.165) is 49.4 Å². The van der Waals surface area contributed by atoms with Crippen LogP contribution in [0.15, 0.2) is 114 Å². The first kappa shape index (κ1) is 20.8. The first-order chi connectivity index (χ1) is 17.7. The number of rotatable bonds is 3. The van der Waals surface area contributed by atoms with Crippen molar-refractivity contribution in [3.05, 3.63) is 114 Å². The van der Waals surface area contributed by atoms with E-state index in [0.29, 0.717) is 22.5 Å². The lowest BCUT2D eigenvalue weighted by atomic mass is 10.0. The van der Waals surface area contributed by atoms with Crippen LogP contribution in [-0.2, 0) is 0 Å². The summed E-state index contributed by atoms with van der Waals surface area (Å²) in [5.74, 6) is 1.82. The maximum absolute atomic E-state index is 6.29. The van der Waals surface area contributed by atoms with Gasteiger partial charge < -0.3 is 4.42 Å². The SMILES string of the molecule is Clc1ccc(-c2nc(-c3ccccc3)nc(-c3ccc4oc5c6ccccc6ccc5c4c3)n2)cc1. The molecule has 0 amide bonds. The molecule has 4 nitrogen and oxygen atoms in total. The number of benzene rings is 5. The fraction of sp³-hybridized carbons (Fsp3) is 0. The zero-order valence-corrected chi connectivity index (χ0v) is 19.8. The van der Waals surface area contributed by atoms with Gasteiger partial charge in [-0.15, -0.1) is 0 Å². The van der Waals surface area contributed by atoms with E-state index in [2.05, 4.69) is 30.3 Å². The van der Waals surface area contributed by atoms with Gasteiger partial charge in [0.1, 0.15) is 11.2 Å². The van der Waals surface area contributed by atoms with Gasteiger partial charge in [-0.1, -0.05) is 72.3 Å². The standard InChI is InChI=1S/C31H18ClN3O/c32-23-14-10-21(11-15-23)30-33-29(20-7-2-1-3-8-20)34-31(35-30)22-13-17-27-26(18-22)25-16-12-19-6-4-5-9-24(19)28(25)36-27/h1-18H. The molecule has 7 rings (SSSR count). The molecule has 0 aliphatic rings. The molecule has 0 N–H and O–H groups in total. The van der Waals surface area contributed by atoms with Gasteiger partial charge in [-0.05, 0) is 53.9 Å². The van der Waals surface area contributed by atoms with Crippen LogP contribution in [0.5, 0.6) is 0 Å². The minimum absolute atomic E-state index is 0.596. The highest BCUT2D eigenvalue weighted by molar-refractivity contribution is 6.30. The van der Waals surface area contributed by atoms with Crippen molar-refractivity contribution in [1.82, 2.24) is 15.0 Å². The van der Waals surface area contributed by atoms with E-state index in [1.165, 1.54) is 0 Å². The average molecular weight is 484 g/mol. The summed E-state index contributed by atoms with van der Waals surface area (Å²) in [6.45, 7) is 0. The summed E-state index contributed by atoms with van der Waals surface area (Å²) >= 11 is 6.12. The summed E-state index contributed by atoms with van der Waals surface area (Å²) < 4.78 is 6.29. The Morgan fingerprint density at radius 1 is 0.500 bits per heavy atom. The fourth-order valence-corrected chi connectivity index (χ4v) is 4.72. The molecule has 2 heterocycles. The first-order valence-electron chi connectivity index (χ1n) is 11.6. The Bertz CT molecular complexity index is 1890. The molecule has 0 saturated heterocycles. The normalized spacial score (nSPS) is 11.5. The van der Waals surface area contributed by atoms with Crippen molar-refractivity contribution < 1.29 is 4.42 Å². The summed E-state index contributed by atoms with van der Waals surface area (Å²) in [4.78, 5) is 14.5. The molecule has 36 heavy (non-hydrogen) atoms. The van der Waals surface area contributed by atoms with Crippen LogP contribution in [0.25, 0.3) is 66.9 Å². The Morgan fingerprint density at radius 2 is 1.14 bits per heavy atom. The summed E-state index contributed by atoms with van der Waals surface area (Å²) in [7, 11) is 0. The van der Waals surface area contributed by atoms with Crippen molar-refractivity contribution in [3.63, 3.8) is 0 Å². The van der Waals surface area contributed by atoms with Crippen molar-refractivity contribution in [2.24, 2.45) is 0 Å². The van der Waals surface area contributed by atoms with Gasteiger partial charge in [-0.25, -0.2) is 15.0 Å². The van der Waals surface area contributed by atoms with E-state index in [1.54, 1.807) is 0 Å². The summed E-state index contributed by atoms with van der Waals surface area (Å²) in [6, 6.07) is 36.1. The van der Waals surface area contributed by atoms with Gasteiger partial charge in [0, 0.05) is 37.9 Å². The maximum atomic E-state index is 6.29. The predicted octanol–water partition coefficient (Wildman–Crippen LogP) is 8.58. The highest BCUT2D eigenvalue weighted by atomic mass is 35.5. The van der Waals surface area contributed by atoms with Crippen LogP contribution in [-0.4, -0.2) is 15.0 Å². The molecule has 7 aromatic rings. The minimum Gasteiger partial charge on any atom is -0.455 e. The van der Waals surface area contributed by atoms with Gasteiger partial charge in [0.2, 0.25) is 0 Å². The number of nitrogens with zero attached hydrogens (tertiary/aromatic N) is 3. The number of aromatic nitrogens is 3. The van der Waals surface area contributed by atoms with Crippen molar-refractivity contribution >= 4 is 44.3 Å². The zero-order valence-electron chi connectivity index (χ0n) is 19.0. The molecule has 0 aliphatic heterocycles. The minimum atomic E-state index is 0.596. The first-order valence-corrected chi connectivity index (χ1v) is 12.0. The van der Waals surface area contributed by atoms with E-state index >= 15 is 0 Å². The van der Waals surface area contributed by atoms with Gasteiger partial charge in [-0.2, -0.15) is 0 Å². The smallest absolute Gasteiger partial charge is 0.164 e. The Kier molecular flexibility index (Phi) is 4.79. The van der Waals surface area contributed by atoms with Gasteiger partial charge in [0.15, 0.2) is 17.5 Å². The average Bonchev–Trinajstić information content (AvgIpc) is 3.32. The number of fused-ring (bicyclic) bond motifs is 5. The second-order valence-corrected chi connectivity index (χ2v) is 9.09. The van der Waals surface area contributed by atoms with Gasteiger partial charge in [0.25, 0.3) is 0 Å². The van der Waals surface area contributed by atoms with Gasteiger partial charge in [-0.3, -0.25) is 0 Å². The number of halogens is 1. The molecule has 0 fully saturated rings. The quantitative estimate of drug-likeness (QED) is 0.252. The van der Waals surface area contributed by atoms with Crippen LogP contribution in [0.1, 0.15) is 0 Å². The van der Waals surface area contributed by atoms with Crippen molar-refractivity contribution in [3.8, 4) is 34.2 Å². The van der Waals surface area contributed by atoms with Crippen LogP contribution < -0.4 is 0 Å². The molecule has 0 unspecified atom stereocenters. The molecule has 0 aliphatic carbocycles. The highest BCUT2D eigenvalue weighted by Crippen LogP contribution is 2.36. The molecule has 5 aromatic carbocycles. The molecule has 0 bridgehead atoms. The summed E-state index contributed by atoms with van der Waals surface area (Å²) in [5, 5.41) is 5.02. The molecule has 0 radical (unpaired) electrons. The zero-order chi connectivity index (χ0) is 24.1. The molecular formula is C31H18ClN3O. The van der Waals surface area contributed by atoms with Crippen molar-refractivity contribution in [1.29, 1.82) is 0 Å². The lowest BCUT2D eigenvalue weighted by Crippen LogP contribution is -2.00. The topological polar surface area (TPSA) is 51.8 Å². The predicted molar refractivity (Wildman–Crippen MR) is 146 cm³/mol. The lowest BCUT2D eigenvalue weighted by molar-refractivity contribution is 0.672. The Balaban J connectivity index is 1.44. The third-order valence-electron chi connectivity index (χ3n) is 6.39. The molecular weight excluding hydrogens is 466 g/mol. The summed E-state index contributed by atoms with van der Waals surface area (Å²) in [5.41, 5.74) is 4.43. The third-order valence-corrected chi connectivity index (χ3v) is 6.64. The van der Waals surface area contributed by atoms with Gasteiger partial charge in [0.05, 0.1) is 0 Å². The van der Waals surface area contributed by atoms with E-state index in [-0.39, 0.29) is 0 Å². The number of hydrogen-bond acceptors (Lipinski definition) is 4. The number of hydrogen-bond donors (Lipinski definition) is 0. The lowest BCUT2D eigenvalue weighted by Gasteiger charge is -2.08. The highest BCUT2D eigenvalue weighted by Gasteiger charge is 2.15. The Morgan fingerprint density at radius 3 is 1.92 bits per heavy atom. The molecule has 170 valence electrons. The van der Waals surface area contributed by atoms with Crippen molar-refractivity contribution in [2.45, 2.75) is 0 Å². The van der Waals surface area contributed by atoms with Gasteiger partial charge >= 0.3 is 0 Å². The second-order valence-electron chi connectivity index (χ2n) is 8.66. The van der Waals surface area contributed by atoms with Crippen LogP contribution in [0.2, 0.25) is 5.02 Å². The fourth-order valence-electron chi connectivity index (χ4n) is 4.59.